The first-order valence-corrected chi connectivity index (χ1v) is 14.3. The fourth-order valence-electron chi connectivity index (χ4n) is 2.85. The molecule has 0 saturated heterocycles. The molecule has 0 spiro atoms. The summed E-state index contributed by atoms with van der Waals surface area (Å²) in [5.41, 5.74) is 0.568. The number of nitrogens with zero attached hydrogens (tertiary/aromatic N) is 1. The van der Waals surface area contributed by atoms with Crippen LogP contribution in [-0.2, 0) is 13.3 Å². The van der Waals surface area contributed by atoms with Gasteiger partial charge in [-0.05, 0) is 38.9 Å². The Morgan fingerprint density at radius 1 is 1.04 bits per heavy atom. The zero-order chi connectivity index (χ0) is 19.8. The summed E-state index contributed by atoms with van der Waals surface area (Å²) in [6.45, 7) is 12.1. The Morgan fingerprint density at radius 3 is 2.04 bits per heavy atom. The maximum Gasteiger partial charge on any atom is 0.500 e. The van der Waals surface area contributed by atoms with Gasteiger partial charge in [0.25, 0.3) is 0 Å². The Hall–Kier alpha value is -1.07. The van der Waals surface area contributed by atoms with Crippen molar-refractivity contribution < 1.29 is 22.5 Å². The summed E-state index contributed by atoms with van der Waals surface area (Å²) in [5, 5.41) is 1.16. The number of hydrogen-bond acceptors (Lipinski definition) is 4. The van der Waals surface area contributed by atoms with E-state index in [0.717, 1.165) is 22.2 Å². The molecule has 0 heterocycles. The van der Waals surface area contributed by atoms with Crippen molar-refractivity contribution in [1.29, 1.82) is 0 Å². The molecule has 0 bridgehead atoms. The molecule has 148 valence electrons. The number of carbonyl (C=O) groups excluding carboxylic acids is 1. The number of benzene rings is 1. The average molecular weight is 402 g/mol. The molecule has 0 aliphatic rings. The highest BCUT2D eigenvalue weighted by Gasteiger charge is 2.42. The van der Waals surface area contributed by atoms with Gasteiger partial charge >= 0.3 is 15.0 Å². The van der Waals surface area contributed by atoms with Crippen molar-refractivity contribution in [2.24, 2.45) is 0 Å². The van der Waals surface area contributed by atoms with Gasteiger partial charge in [0.1, 0.15) is 0 Å². The summed E-state index contributed by atoms with van der Waals surface area (Å²) in [6.07, 6.45) is -1.46. The number of rotatable bonds is 11. The van der Waals surface area contributed by atoms with Gasteiger partial charge in [-0.1, -0.05) is 30.4 Å². The minimum Gasteiger partial charge on any atom is -0.374 e. The zero-order valence-electron chi connectivity index (χ0n) is 16.8. The molecule has 0 radical (unpaired) electrons. The van der Waals surface area contributed by atoms with Gasteiger partial charge in [-0.2, -0.15) is 0 Å². The van der Waals surface area contributed by atoms with E-state index in [-0.39, 0.29) is 0 Å². The normalized spacial score (nSPS) is 12.3. The van der Waals surface area contributed by atoms with E-state index in [1.54, 1.807) is 6.07 Å². The van der Waals surface area contributed by atoms with Crippen molar-refractivity contribution in [3.63, 3.8) is 0 Å². The molecule has 0 aromatic heterocycles. The highest BCUT2D eigenvalue weighted by molar-refractivity contribution is 6.90. The predicted molar refractivity (Wildman–Crippen MR) is 109 cm³/mol. The van der Waals surface area contributed by atoms with Crippen molar-refractivity contribution >= 4 is 33.9 Å². The van der Waals surface area contributed by atoms with Crippen LogP contribution in [0.15, 0.2) is 24.3 Å². The van der Waals surface area contributed by atoms with Gasteiger partial charge in [-0.3, -0.25) is 4.90 Å². The van der Waals surface area contributed by atoms with E-state index in [1.807, 2.05) is 32.9 Å². The Morgan fingerprint density at radius 2 is 1.58 bits per heavy atom. The molecule has 0 atom stereocenters. The third kappa shape index (κ3) is 6.27. The van der Waals surface area contributed by atoms with Crippen LogP contribution in [0.4, 0.5) is 14.9 Å². The van der Waals surface area contributed by atoms with Crippen molar-refractivity contribution in [1.82, 2.24) is 0 Å². The standard InChI is InChI=1S/C18H32FNO4Si2/c1-7-22-26(23-8-2,24-9-3)14-13-25(5,6)17-12-10-11-16(15-17)20(4)18(19)21/h10-12,15H,7-9,13-14H2,1-6H3. The Kier molecular flexibility index (Phi) is 9.11. The average Bonchev–Trinajstić information content (AvgIpc) is 2.60. The van der Waals surface area contributed by atoms with Crippen molar-refractivity contribution in [3.8, 4) is 0 Å². The molecule has 8 heteroatoms. The van der Waals surface area contributed by atoms with Crippen LogP contribution in [0, 0.1) is 0 Å². The summed E-state index contributed by atoms with van der Waals surface area (Å²) in [4.78, 5) is 12.0. The van der Waals surface area contributed by atoms with Crippen LogP contribution in [0.2, 0.25) is 25.2 Å². The third-order valence-electron chi connectivity index (χ3n) is 4.43. The lowest BCUT2D eigenvalue weighted by Gasteiger charge is -2.32. The van der Waals surface area contributed by atoms with Crippen molar-refractivity contribution in [2.45, 2.75) is 46.0 Å². The van der Waals surface area contributed by atoms with Crippen molar-refractivity contribution in [3.05, 3.63) is 24.3 Å². The molecule has 5 nitrogen and oxygen atoms in total. The molecule has 0 fully saturated rings. The summed E-state index contributed by atoms with van der Waals surface area (Å²) in [5.74, 6) is 0. The molecule has 0 unspecified atom stereocenters. The Balaban J connectivity index is 2.99. The summed E-state index contributed by atoms with van der Waals surface area (Å²) >= 11 is 0. The maximum absolute atomic E-state index is 13.0. The lowest BCUT2D eigenvalue weighted by molar-refractivity contribution is 0.0725. The zero-order valence-corrected chi connectivity index (χ0v) is 18.8. The SMILES string of the molecule is CCO[Si](CC[Si](C)(C)c1cccc(N(C)C(=O)F)c1)(OCC)OCC. The van der Waals surface area contributed by atoms with Crippen LogP contribution >= 0.6 is 0 Å². The molecule has 26 heavy (non-hydrogen) atoms. The van der Waals surface area contributed by atoms with Gasteiger partial charge in [-0.15, -0.1) is 4.39 Å². The topological polar surface area (TPSA) is 48.0 Å². The van der Waals surface area contributed by atoms with Gasteiger partial charge in [0, 0.05) is 38.6 Å². The molecule has 1 aromatic carbocycles. The third-order valence-corrected chi connectivity index (χ3v) is 11.3. The molecule has 0 saturated carbocycles. The minimum absolute atomic E-state index is 0.563. The fraction of sp³-hybridized carbons (Fsp3) is 0.611. The maximum atomic E-state index is 13.0. The van der Waals surface area contributed by atoms with E-state index in [0.29, 0.717) is 25.5 Å². The second-order valence-electron chi connectivity index (χ2n) is 6.73. The van der Waals surface area contributed by atoms with Gasteiger partial charge < -0.3 is 13.3 Å². The number of halogens is 1. The first kappa shape index (κ1) is 23.0. The van der Waals surface area contributed by atoms with E-state index in [9.17, 15) is 9.18 Å². The lowest BCUT2D eigenvalue weighted by Crippen LogP contribution is -2.49. The number of carbonyl (C=O) groups is 1. The molecular formula is C18H32FNO4Si2. The highest BCUT2D eigenvalue weighted by atomic mass is 28.4. The van der Waals surface area contributed by atoms with Gasteiger partial charge in [-0.25, -0.2) is 4.79 Å². The fourth-order valence-corrected chi connectivity index (χ4v) is 9.95. The van der Waals surface area contributed by atoms with Gasteiger partial charge in [0.15, 0.2) is 0 Å². The molecule has 1 amide bonds. The van der Waals surface area contributed by atoms with Crippen molar-refractivity contribution in [2.75, 3.05) is 31.8 Å². The van der Waals surface area contributed by atoms with Crippen LogP contribution in [0.1, 0.15) is 20.8 Å². The monoisotopic (exact) mass is 401 g/mol. The lowest BCUT2D eigenvalue weighted by atomic mass is 10.3. The Bertz CT molecular complexity index is 569. The van der Waals surface area contributed by atoms with E-state index >= 15 is 0 Å². The molecule has 1 aromatic rings. The van der Waals surface area contributed by atoms with Crippen LogP contribution in [0.25, 0.3) is 0 Å². The number of hydrogen-bond donors (Lipinski definition) is 0. The van der Waals surface area contributed by atoms with Gasteiger partial charge in [0.2, 0.25) is 0 Å². The second-order valence-corrected chi connectivity index (χ2v) is 14.3. The first-order chi connectivity index (χ1) is 12.2. The second kappa shape index (κ2) is 10.3. The summed E-state index contributed by atoms with van der Waals surface area (Å²) in [6, 6.07) is 9.26. The summed E-state index contributed by atoms with van der Waals surface area (Å²) in [7, 11) is -3.10. The van der Waals surface area contributed by atoms with Gasteiger partial charge in [0.05, 0.1) is 8.07 Å². The molecule has 1 rings (SSSR count). The summed E-state index contributed by atoms with van der Waals surface area (Å²) < 4.78 is 30.9. The quantitative estimate of drug-likeness (QED) is 0.317. The minimum atomic E-state index is -2.68. The molecular weight excluding hydrogens is 369 g/mol. The first-order valence-electron chi connectivity index (χ1n) is 9.17. The Labute approximate surface area is 158 Å². The number of anilines is 1. The largest absolute Gasteiger partial charge is 0.500 e. The van der Waals surface area contributed by atoms with Crippen LogP contribution < -0.4 is 10.1 Å². The molecule has 0 aliphatic carbocycles. The molecule has 0 aliphatic heterocycles. The van der Waals surface area contributed by atoms with E-state index in [1.165, 1.54) is 7.05 Å². The van der Waals surface area contributed by atoms with E-state index < -0.39 is 23.0 Å². The number of amides is 1. The van der Waals surface area contributed by atoms with Crippen LogP contribution in [0.5, 0.6) is 0 Å². The van der Waals surface area contributed by atoms with E-state index in [2.05, 4.69) is 19.2 Å². The van der Waals surface area contributed by atoms with E-state index in [4.69, 9.17) is 13.3 Å². The molecule has 0 N–H and O–H groups in total. The smallest absolute Gasteiger partial charge is 0.374 e. The predicted octanol–water partition coefficient (Wildman–Crippen LogP) is 4.18. The van der Waals surface area contributed by atoms with Crippen LogP contribution in [0.3, 0.4) is 0 Å². The van der Waals surface area contributed by atoms with Crippen LogP contribution in [-0.4, -0.2) is 49.9 Å². The highest BCUT2D eigenvalue weighted by Crippen LogP contribution is 2.25.